The van der Waals surface area contributed by atoms with Crippen LogP contribution in [0.3, 0.4) is 0 Å². The summed E-state index contributed by atoms with van der Waals surface area (Å²) in [6.45, 7) is 15.2. The van der Waals surface area contributed by atoms with E-state index in [1.807, 2.05) is 125 Å². The van der Waals surface area contributed by atoms with E-state index in [1.54, 1.807) is 62.1 Å². The van der Waals surface area contributed by atoms with Crippen molar-refractivity contribution in [2.24, 2.45) is 0 Å². The summed E-state index contributed by atoms with van der Waals surface area (Å²) >= 11 is 0. The van der Waals surface area contributed by atoms with Crippen molar-refractivity contribution in [2.75, 3.05) is 78.9 Å². The number of piperazine rings is 2. The van der Waals surface area contributed by atoms with E-state index in [0.29, 0.717) is 108 Å². The van der Waals surface area contributed by atoms with Gasteiger partial charge in [-0.1, -0.05) is 70.8 Å². The fourth-order valence-electron chi connectivity index (χ4n) is 13.1. The smallest absolute Gasteiger partial charge is 0.262 e. The number of ether oxygens (including phenoxy) is 4. The number of carbonyl (C=O) groups excluding carboxylic acids is 6. The quantitative estimate of drug-likeness (QED) is 0.0343. The maximum atomic E-state index is 15.9. The topological polar surface area (TPSA) is 177 Å². The lowest BCUT2D eigenvalue weighted by molar-refractivity contribution is -0.137. The van der Waals surface area contributed by atoms with Gasteiger partial charge in [-0.2, -0.15) is 0 Å². The normalized spacial score (nSPS) is 16.5. The number of amides is 6. The fraction of sp³-hybridized carbons (Fsp3) is 0.286. The Bertz CT molecular complexity index is 3860. The average Bonchev–Trinajstić information content (AvgIpc) is 0.682. The van der Waals surface area contributed by atoms with Gasteiger partial charge in [-0.15, -0.1) is 0 Å². The molecule has 20 heteroatoms. The molecule has 9 aromatic rings. The number of benzene rings is 9. The lowest BCUT2D eigenvalue weighted by Gasteiger charge is -2.39. The molecule has 4 heterocycles. The van der Waals surface area contributed by atoms with Gasteiger partial charge in [0.25, 0.3) is 23.6 Å². The molecule has 0 aromatic heterocycles. The lowest BCUT2D eigenvalue weighted by atomic mass is 9.80. The molecule has 6 amide bonds. The van der Waals surface area contributed by atoms with Crippen molar-refractivity contribution in [3.8, 4) is 46.0 Å². The molecule has 0 spiro atoms. The first-order valence-electron chi connectivity index (χ1n) is 30.6. The Morgan fingerprint density at radius 1 is 0.378 bits per heavy atom. The summed E-state index contributed by atoms with van der Waals surface area (Å²) in [5.41, 5.74) is 4.18. The highest BCUT2D eigenvalue weighted by Crippen LogP contribution is 2.58. The molecule has 4 aliphatic rings. The summed E-state index contributed by atoms with van der Waals surface area (Å²) in [6.07, 6.45) is 1.68. The van der Waals surface area contributed by atoms with Gasteiger partial charge >= 0.3 is 0 Å². The molecule has 2 fully saturated rings. The van der Waals surface area contributed by atoms with Crippen LogP contribution in [0.4, 0.5) is 0 Å². The first kappa shape index (κ1) is 59.9. The van der Waals surface area contributed by atoms with Gasteiger partial charge in [0.05, 0.1) is 22.3 Å². The van der Waals surface area contributed by atoms with Gasteiger partial charge in [0.15, 0.2) is 19.5 Å². The van der Waals surface area contributed by atoms with Crippen molar-refractivity contribution in [1.29, 1.82) is 0 Å². The van der Waals surface area contributed by atoms with Gasteiger partial charge in [0, 0.05) is 122 Å². The van der Waals surface area contributed by atoms with E-state index in [2.05, 4.69) is 9.80 Å². The van der Waals surface area contributed by atoms with Gasteiger partial charge in [-0.25, -0.2) is 0 Å². The lowest BCUT2D eigenvalue weighted by Crippen LogP contribution is -2.57. The first-order chi connectivity index (χ1) is 43.5. The summed E-state index contributed by atoms with van der Waals surface area (Å²) in [7, 11) is 1.95. The van der Waals surface area contributed by atoms with Crippen LogP contribution in [0, 0.1) is 27.7 Å². The van der Waals surface area contributed by atoms with Gasteiger partial charge in [-0.05, 0) is 114 Å². The van der Waals surface area contributed by atoms with Crippen molar-refractivity contribution in [3.05, 3.63) is 166 Å². The predicted octanol–water partition coefficient (Wildman–Crippen LogP) is 9.77. The van der Waals surface area contributed by atoms with Crippen LogP contribution < -0.4 is 18.9 Å². The third kappa shape index (κ3) is 10.8. The van der Waals surface area contributed by atoms with Crippen LogP contribution in [-0.4, -0.2) is 175 Å². The Morgan fingerprint density at radius 2 is 0.622 bits per heavy atom. The second-order valence-corrected chi connectivity index (χ2v) is 26.8. The molecule has 13 rings (SSSR count). The molecule has 0 radical (unpaired) electrons. The Morgan fingerprint density at radius 3 is 0.856 bits per heavy atom. The Balaban J connectivity index is 1.11. The molecule has 2 saturated heterocycles. The second kappa shape index (κ2) is 24.4. The summed E-state index contributed by atoms with van der Waals surface area (Å²) < 4.78 is 39.4. The number of carbonyl (C=O) groups is 6. The number of hydrogen-bond donors (Lipinski definition) is 0. The van der Waals surface area contributed by atoms with E-state index in [9.17, 15) is 9.59 Å². The third-order valence-electron chi connectivity index (χ3n) is 18.0. The average molecular weight is 1240 g/mol. The summed E-state index contributed by atoms with van der Waals surface area (Å²) in [6, 6.07) is 33.8. The van der Waals surface area contributed by atoms with Crippen LogP contribution in [0.25, 0.3) is 43.1 Å². The van der Waals surface area contributed by atoms with Crippen LogP contribution >= 0.6 is 0 Å². The monoisotopic (exact) mass is 1240 g/mol. The molecule has 460 valence electrons. The number of rotatable bonds is 18. The molecule has 4 aliphatic heterocycles. The molecule has 18 nitrogen and oxygen atoms in total. The predicted molar refractivity (Wildman–Crippen MR) is 350 cm³/mol. The molecule has 90 heavy (non-hydrogen) atoms. The van der Waals surface area contributed by atoms with Gasteiger partial charge < -0.3 is 47.4 Å². The molecule has 2 atom stereocenters. The van der Waals surface area contributed by atoms with Crippen molar-refractivity contribution >= 4 is 98.1 Å². The SMILES string of the molecule is CO[SiH2]CN1CCN(C(=O)C(C)N2C(=O)c3cc(Oc4ccc(C)cc4)c4c5c(Oc6ccc(C)cc6)cc6c7c(cc(Oc8ccc(C)cc8)c(c8c(Oc9ccc(C)cc9)cc(c3c48)C2=O)c75)C(=O)N(C(C)C(=O)N2CCN(C[SiH2]OC)CC2)C6=O)CC1. The van der Waals surface area contributed by atoms with E-state index >= 15 is 19.2 Å². The zero-order valence-electron chi connectivity index (χ0n) is 51.8. The number of fused-ring (bicyclic) bond motifs is 2. The van der Waals surface area contributed by atoms with Gasteiger partial charge in [0.2, 0.25) is 11.8 Å². The van der Waals surface area contributed by atoms with Crippen molar-refractivity contribution in [2.45, 2.75) is 53.6 Å². The Kier molecular flexibility index (Phi) is 16.2. The van der Waals surface area contributed by atoms with Crippen molar-refractivity contribution < 1.29 is 56.6 Å². The number of aryl methyl sites for hydroxylation is 4. The van der Waals surface area contributed by atoms with Crippen LogP contribution in [-0.2, 0) is 18.4 Å². The molecule has 9 aromatic carbocycles. The summed E-state index contributed by atoms with van der Waals surface area (Å²) in [5.74, 6) is -1.38. The zero-order chi connectivity index (χ0) is 62.8. The number of imide groups is 2. The standard InChI is InChI=1S/C70H70N6O12Si2/c1-39-9-17-45(18-10-39)85-53-33-49-57-50(68(80)75(67(49)79)43(5)65(77)73-29-25-71(26-30-73)37-89-83-7)35-55(87-47-21-13-41(3)14-22-47)61-62-56(88-48-23-15-42(4)16-24-48)36-52-58-51(34-54(60(64(58)62)59(53)63(57)61)86-46-19-11-40(2)12-20-46)69(81)76(70(52)82)44(6)66(78)74-31-27-72(28-32-74)38-90-84-8/h9-24,33-36,43-44H,25-32,37-38,89-90H2,1-8H3. The van der Waals surface area contributed by atoms with Crippen LogP contribution in [0.2, 0.25) is 0 Å². The molecule has 2 unspecified atom stereocenters. The highest BCUT2D eigenvalue weighted by molar-refractivity contribution is 6.45. The Hall–Kier alpha value is -9.03. The fourth-order valence-corrected chi connectivity index (χ4v) is 14.9. The zero-order valence-corrected chi connectivity index (χ0v) is 54.6. The van der Waals surface area contributed by atoms with Crippen LogP contribution in [0.5, 0.6) is 46.0 Å². The minimum absolute atomic E-state index is 0.0801. The number of hydrogen-bond acceptors (Lipinski definition) is 14. The molecular weight excluding hydrogens is 1170 g/mol. The maximum absolute atomic E-state index is 15.9. The highest BCUT2D eigenvalue weighted by Gasteiger charge is 2.46. The molecule has 0 saturated carbocycles. The highest BCUT2D eigenvalue weighted by atomic mass is 28.2. The van der Waals surface area contributed by atoms with Gasteiger partial charge in [0.1, 0.15) is 58.1 Å². The van der Waals surface area contributed by atoms with Crippen molar-refractivity contribution in [1.82, 2.24) is 29.4 Å². The van der Waals surface area contributed by atoms with E-state index in [4.69, 9.17) is 27.8 Å². The van der Waals surface area contributed by atoms with Gasteiger partial charge in [-0.3, -0.25) is 38.6 Å². The number of nitrogens with zero attached hydrogens (tertiary/aromatic N) is 6. The molecule has 0 N–H and O–H groups in total. The molecule has 0 bridgehead atoms. The second-order valence-electron chi connectivity index (χ2n) is 24.0. The molecule has 0 aliphatic carbocycles. The maximum Gasteiger partial charge on any atom is 0.262 e. The Labute approximate surface area is 525 Å². The first-order valence-corrected chi connectivity index (χ1v) is 33.8. The minimum atomic E-state index is -1.23. The third-order valence-corrected chi connectivity index (χ3v) is 20.5. The summed E-state index contributed by atoms with van der Waals surface area (Å²) in [4.78, 5) is 103. The van der Waals surface area contributed by atoms with E-state index in [0.717, 1.165) is 44.4 Å². The summed E-state index contributed by atoms with van der Waals surface area (Å²) in [5, 5.41) is 2.61. The molecular formula is C70H70N6O12Si2. The van der Waals surface area contributed by atoms with E-state index < -0.39 is 55.2 Å². The minimum Gasteiger partial charge on any atom is -0.457 e. The van der Waals surface area contributed by atoms with Crippen LogP contribution in [0.15, 0.2) is 121 Å². The van der Waals surface area contributed by atoms with E-state index in [1.165, 1.54) is 0 Å². The van der Waals surface area contributed by atoms with Crippen LogP contribution in [0.1, 0.15) is 77.5 Å². The van der Waals surface area contributed by atoms with Crippen molar-refractivity contribution in [3.63, 3.8) is 0 Å². The largest absolute Gasteiger partial charge is 0.457 e. The van der Waals surface area contributed by atoms with E-state index in [-0.39, 0.29) is 67.8 Å².